The van der Waals surface area contributed by atoms with Gasteiger partial charge in [0.05, 0.1) is 26.7 Å². The summed E-state index contributed by atoms with van der Waals surface area (Å²) in [6, 6.07) is 7.97. The predicted molar refractivity (Wildman–Crippen MR) is 92.1 cm³/mol. The van der Waals surface area contributed by atoms with E-state index < -0.39 is 0 Å². The minimum absolute atomic E-state index is 0.556. The number of hydrogen-bond acceptors (Lipinski definition) is 4. The van der Waals surface area contributed by atoms with E-state index in [4.69, 9.17) is 5.73 Å². The van der Waals surface area contributed by atoms with Gasteiger partial charge in [-0.15, -0.1) is 0 Å². The number of aryl methyl sites for hydroxylation is 1. The van der Waals surface area contributed by atoms with E-state index in [1.165, 1.54) is 0 Å². The SMILES string of the molecule is CCCc1nc(Cc2nc3ccccc3[nH]2)nc(N)c1I. The third-order valence-electron chi connectivity index (χ3n) is 3.24. The molecule has 21 heavy (non-hydrogen) atoms. The Morgan fingerprint density at radius 1 is 1.19 bits per heavy atom. The number of hydrogen-bond donors (Lipinski definition) is 2. The van der Waals surface area contributed by atoms with Crippen molar-refractivity contribution in [2.75, 3.05) is 5.73 Å². The van der Waals surface area contributed by atoms with Gasteiger partial charge >= 0.3 is 0 Å². The van der Waals surface area contributed by atoms with Crippen LogP contribution in [0.2, 0.25) is 0 Å². The molecular weight excluding hydrogens is 377 g/mol. The second kappa shape index (κ2) is 5.97. The number of fused-ring (bicyclic) bond motifs is 1. The van der Waals surface area contributed by atoms with Gasteiger partial charge in [0.15, 0.2) is 0 Å². The molecule has 0 atom stereocenters. The first-order valence-corrected chi connectivity index (χ1v) is 7.99. The van der Waals surface area contributed by atoms with E-state index >= 15 is 0 Å². The topological polar surface area (TPSA) is 80.5 Å². The highest BCUT2D eigenvalue weighted by atomic mass is 127. The van der Waals surface area contributed by atoms with Crippen LogP contribution < -0.4 is 5.73 Å². The maximum atomic E-state index is 5.99. The van der Waals surface area contributed by atoms with Crippen LogP contribution in [0.15, 0.2) is 24.3 Å². The molecule has 0 radical (unpaired) electrons. The monoisotopic (exact) mass is 393 g/mol. The summed E-state index contributed by atoms with van der Waals surface area (Å²) < 4.78 is 0.961. The van der Waals surface area contributed by atoms with E-state index in [2.05, 4.69) is 49.5 Å². The van der Waals surface area contributed by atoms with Crippen molar-refractivity contribution in [1.29, 1.82) is 0 Å². The first kappa shape index (κ1) is 14.2. The largest absolute Gasteiger partial charge is 0.383 e. The zero-order valence-electron chi connectivity index (χ0n) is 11.7. The van der Waals surface area contributed by atoms with E-state index in [9.17, 15) is 0 Å². The molecule has 0 spiro atoms. The van der Waals surface area contributed by atoms with Crippen LogP contribution >= 0.6 is 22.6 Å². The van der Waals surface area contributed by atoms with E-state index in [1.54, 1.807) is 0 Å². The van der Waals surface area contributed by atoms with Gasteiger partial charge in [-0.1, -0.05) is 25.5 Å². The van der Waals surface area contributed by atoms with Crippen molar-refractivity contribution in [2.24, 2.45) is 0 Å². The van der Waals surface area contributed by atoms with Crippen molar-refractivity contribution in [1.82, 2.24) is 19.9 Å². The second-order valence-corrected chi connectivity index (χ2v) is 5.99. The molecule has 108 valence electrons. The predicted octanol–water partition coefficient (Wildman–Crippen LogP) is 3.08. The summed E-state index contributed by atoms with van der Waals surface area (Å²) in [6.45, 7) is 2.13. The highest BCUT2D eigenvalue weighted by Crippen LogP contribution is 2.19. The normalized spacial score (nSPS) is 11.1. The maximum absolute atomic E-state index is 5.99. The summed E-state index contributed by atoms with van der Waals surface area (Å²) in [6.07, 6.45) is 2.52. The van der Waals surface area contributed by atoms with Gasteiger partial charge in [-0.25, -0.2) is 15.0 Å². The van der Waals surface area contributed by atoms with Crippen molar-refractivity contribution in [2.45, 2.75) is 26.2 Å². The average molecular weight is 393 g/mol. The van der Waals surface area contributed by atoms with Gasteiger partial charge in [-0.2, -0.15) is 0 Å². The highest BCUT2D eigenvalue weighted by Gasteiger charge is 2.11. The van der Waals surface area contributed by atoms with Crippen LogP contribution in [0.25, 0.3) is 11.0 Å². The fourth-order valence-corrected chi connectivity index (χ4v) is 2.80. The smallest absolute Gasteiger partial charge is 0.140 e. The molecule has 5 nitrogen and oxygen atoms in total. The quantitative estimate of drug-likeness (QED) is 0.668. The van der Waals surface area contributed by atoms with Gasteiger partial charge < -0.3 is 10.7 Å². The Bertz CT molecular complexity index is 748. The average Bonchev–Trinajstić information content (AvgIpc) is 2.86. The number of nitrogens with zero attached hydrogens (tertiary/aromatic N) is 3. The molecule has 0 saturated heterocycles. The highest BCUT2D eigenvalue weighted by molar-refractivity contribution is 14.1. The molecule has 0 fully saturated rings. The van der Waals surface area contributed by atoms with Crippen LogP contribution in [0.5, 0.6) is 0 Å². The molecule has 0 amide bonds. The van der Waals surface area contributed by atoms with Crippen LogP contribution in [0, 0.1) is 3.57 Å². The number of nitrogens with one attached hydrogen (secondary N) is 1. The Hall–Kier alpha value is -1.70. The van der Waals surface area contributed by atoms with Gasteiger partial charge in [0.2, 0.25) is 0 Å². The number of aromatic nitrogens is 4. The van der Waals surface area contributed by atoms with Gasteiger partial charge in [0.1, 0.15) is 17.5 Å². The summed E-state index contributed by atoms with van der Waals surface area (Å²) in [5.41, 5.74) is 9.00. The first-order valence-electron chi connectivity index (χ1n) is 6.91. The third-order valence-corrected chi connectivity index (χ3v) is 4.42. The molecule has 0 aliphatic heterocycles. The van der Waals surface area contributed by atoms with Crippen molar-refractivity contribution >= 4 is 39.4 Å². The standard InChI is InChI=1S/C15H16IN5/c1-2-5-11-14(16)15(17)21-13(20-11)8-12-18-9-6-3-4-7-10(9)19-12/h3-4,6-7H,2,5,8H2,1H3,(H,18,19)(H2,17,20,21). The number of benzene rings is 1. The lowest BCUT2D eigenvalue weighted by Crippen LogP contribution is -2.08. The molecule has 0 bridgehead atoms. The Morgan fingerprint density at radius 2 is 2.00 bits per heavy atom. The molecular formula is C15H16IN5. The fraction of sp³-hybridized carbons (Fsp3) is 0.267. The zero-order valence-corrected chi connectivity index (χ0v) is 13.9. The third kappa shape index (κ3) is 2.99. The number of aromatic amines is 1. The lowest BCUT2D eigenvalue weighted by Gasteiger charge is -2.07. The molecule has 3 aromatic rings. The van der Waals surface area contributed by atoms with Gasteiger partial charge in [0.25, 0.3) is 0 Å². The Balaban J connectivity index is 1.93. The van der Waals surface area contributed by atoms with Crippen molar-refractivity contribution in [3.05, 3.63) is 45.2 Å². The minimum atomic E-state index is 0.556. The van der Waals surface area contributed by atoms with Crippen LogP contribution in [-0.4, -0.2) is 19.9 Å². The van der Waals surface area contributed by atoms with Crippen molar-refractivity contribution < 1.29 is 0 Å². The molecule has 2 heterocycles. The van der Waals surface area contributed by atoms with Crippen LogP contribution in [0.4, 0.5) is 5.82 Å². The van der Waals surface area contributed by atoms with Crippen LogP contribution in [-0.2, 0) is 12.8 Å². The summed E-state index contributed by atoms with van der Waals surface area (Å²) in [5.74, 6) is 2.13. The minimum Gasteiger partial charge on any atom is -0.383 e. The number of rotatable bonds is 4. The lowest BCUT2D eigenvalue weighted by atomic mass is 10.2. The summed E-state index contributed by atoms with van der Waals surface area (Å²) in [4.78, 5) is 16.9. The Morgan fingerprint density at radius 3 is 2.76 bits per heavy atom. The number of anilines is 1. The van der Waals surface area contributed by atoms with Gasteiger partial charge in [-0.3, -0.25) is 0 Å². The number of halogens is 1. The van der Waals surface area contributed by atoms with E-state index in [0.29, 0.717) is 12.2 Å². The van der Waals surface area contributed by atoms with Gasteiger partial charge in [0, 0.05) is 0 Å². The van der Waals surface area contributed by atoms with Crippen LogP contribution in [0.3, 0.4) is 0 Å². The number of H-pyrrole nitrogens is 1. The fourth-order valence-electron chi connectivity index (χ4n) is 2.29. The first-order chi connectivity index (χ1) is 10.2. The molecule has 1 aromatic carbocycles. The van der Waals surface area contributed by atoms with E-state index in [0.717, 1.165) is 44.8 Å². The molecule has 3 rings (SSSR count). The number of imidazole rings is 1. The molecule has 3 N–H and O–H groups in total. The van der Waals surface area contributed by atoms with E-state index in [1.807, 2.05) is 24.3 Å². The lowest BCUT2D eigenvalue weighted by molar-refractivity contribution is 0.826. The van der Waals surface area contributed by atoms with Gasteiger partial charge in [-0.05, 0) is 41.1 Å². The summed E-state index contributed by atoms with van der Waals surface area (Å²) in [5, 5.41) is 0. The molecule has 0 aliphatic carbocycles. The summed E-state index contributed by atoms with van der Waals surface area (Å²) >= 11 is 2.21. The number of nitrogen functional groups attached to an aromatic ring is 1. The maximum Gasteiger partial charge on any atom is 0.140 e. The van der Waals surface area contributed by atoms with E-state index in [-0.39, 0.29) is 0 Å². The summed E-state index contributed by atoms with van der Waals surface area (Å²) in [7, 11) is 0. The Kier molecular flexibility index (Phi) is 4.05. The molecule has 0 aliphatic rings. The molecule has 0 saturated carbocycles. The zero-order chi connectivity index (χ0) is 14.8. The van der Waals surface area contributed by atoms with Crippen molar-refractivity contribution in [3.63, 3.8) is 0 Å². The Labute approximate surface area is 136 Å². The number of nitrogens with two attached hydrogens (primary N) is 1. The van der Waals surface area contributed by atoms with Crippen molar-refractivity contribution in [3.8, 4) is 0 Å². The molecule has 2 aromatic heterocycles. The second-order valence-electron chi connectivity index (χ2n) is 4.91. The number of para-hydroxylation sites is 2. The van der Waals surface area contributed by atoms with Crippen LogP contribution in [0.1, 0.15) is 30.7 Å². The molecule has 0 unspecified atom stereocenters. The molecule has 6 heteroatoms.